The zero-order valence-corrected chi connectivity index (χ0v) is 19.2. The number of rotatable bonds is 8. The summed E-state index contributed by atoms with van der Waals surface area (Å²) in [6.07, 6.45) is 3.48. The third-order valence-electron chi connectivity index (χ3n) is 5.40. The molecule has 0 atom stereocenters. The van der Waals surface area contributed by atoms with Crippen LogP contribution in [0.2, 0.25) is 0 Å². The molecular weight excluding hydrogens is 440 g/mol. The second kappa shape index (κ2) is 7.95. The van der Waals surface area contributed by atoms with Crippen LogP contribution in [0.25, 0.3) is 10.9 Å². The zero-order chi connectivity index (χ0) is 22.4. The zero-order valence-electron chi connectivity index (χ0n) is 17.5. The smallest absolute Gasteiger partial charge is 0.331 e. The first-order valence-corrected chi connectivity index (χ1v) is 12.7. The first kappa shape index (κ1) is 21.8. The Morgan fingerprint density at radius 2 is 1.97 bits per heavy atom. The van der Waals surface area contributed by atoms with Gasteiger partial charge in [0.25, 0.3) is 5.56 Å². The Labute approximate surface area is 183 Å². The Hall–Kier alpha value is -2.37. The molecule has 0 amide bonds. The quantitative estimate of drug-likeness (QED) is 0.539. The number of nitrogens with one attached hydrogen (secondary N) is 1. The van der Waals surface area contributed by atoms with E-state index in [1.165, 1.54) is 22.8 Å². The second-order valence-electron chi connectivity index (χ2n) is 8.10. The van der Waals surface area contributed by atoms with E-state index in [4.69, 9.17) is 4.52 Å². The highest BCUT2D eigenvalue weighted by atomic mass is 32.2. The number of nitrogens with zero attached hydrogens (tertiary/aromatic N) is 3. The predicted molar refractivity (Wildman–Crippen MR) is 119 cm³/mol. The second-order valence-corrected chi connectivity index (χ2v) is 10.8. The van der Waals surface area contributed by atoms with E-state index in [-0.39, 0.29) is 16.8 Å². The lowest BCUT2D eigenvalue weighted by atomic mass is 10.2. The minimum Gasteiger partial charge on any atom is -0.359 e. The molecule has 4 rings (SSSR count). The van der Waals surface area contributed by atoms with Gasteiger partial charge in [-0.15, -0.1) is 0 Å². The van der Waals surface area contributed by atoms with Crippen LogP contribution in [-0.4, -0.2) is 40.3 Å². The van der Waals surface area contributed by atoms with Gasteiger partial charge in [-0.3, -0.25) is 13.9 Å². The maximum absolute atomic E-state index is 13.2. The van der Waals surface area contributed by atoms with E-state index in [2.05, 4.69) is 9.88 Å². The van der Waals surface area contributed by atoms with Gasteiger partial charge < -0.3 is 4.52 Å². The van der Waals surface area contributed by atoms with Crippen LogP contribution in [0.1, 0.15) is 31.2 Å². The number of thioether (sulfide) groups is 1. The van der Waals surface area contributed by atoms with Crippen LogP contribution < -0.4 is 16.0 Å². The first-order chi connectivity index (χ1) is 14.6. The molecule has 166 valence electrons. The molecule has 1 saturated carbocycles. The summed E-state index contributed by atoms with van der Waals surface area (Å²) in [5.74, 6) is 1.04. The van der Waals surface area contributed by atoms with Gasteiger partial charge in [-0.05, 0) is 51.1 Å². The van der Waals surface area contributed by atoms with Crippen molar-refractivity contribution in [2.45, 2.75) is 50.2 Å². The fourth-order valence-corrected chi connectivity index (χ4v) is 5.28. The van der Waals surface area contributed by atoms with Gasteiger partial charge in [-0.25, -0.2) is 17.9 Å². The van der Waals surface area contributed by atoms with Gasteiger partial charge in [-0.2, -0.15) is 11.8 Å². The van der Waals surface area contributed by atoms with E-state index in [1.807, 2.05) is 13.2 Å². The molecule has 11 heteroatoms. The number of hydrogen-bond acceptors (Lipinski definition) is 7. The van der Waals surface area contributed by atoms with Crippen molar-refractivity contribution < 1.29 is 12.9 Å². The van der Waals surface area contributed by atoms with Crippen LogP contribution in [0, 0.1) is 6.92 Å². The third kappa shape index (κ3) is 4.35. The fraction of sp³-hybridized carbons (Fsp3) is 0.450. The molecular formula is C20H24N4O5S2. The van der Waals surface area contributed by atoms with Gasteiger partial charge >= 0.3 is 5.69 Å². The van der Waals surface area contributed by atoms with Gasteiger partial charge in [0.2, 0.25) is 10.0 Å². The monoisotopic (exact) mass is 464 g/mol. The Balaban J connectivity index is 1.88. The number of aromatic nitrogens is 3. The molecule has 1 aliphatic carbocycles. The summed E-state index contributed by atoms with van der Waals surface area (Å²) in [6, 6.07) is 5.98. The summed E-state index contributed by atoms with van der Waals surface area (Å²) < 4.78 is 36.1. The average Bonchev–Trinajstić information content (AvgIpc) is 3.28. The Morgan fingerprint density at radius 3 is 2.58 bits per heavy atom. The van der Waals surface area contributed by atoms with Gasteiger partial charge in [-0.1, -0.05) is 5.16 Å². The molecule has 1 aromatic carbocycles. The Morgan fingerprint density at radius 1 is 1.23 bits per heavy atom. The lowest BCUT2D eigenvalue weighted by Crippen LogP contribution is -2.41. The normalized spacial score (nSPS) is 15.5. The summed E-state index contributed by atoms with van der Waals surface area (Å²) in [4.78, 5) is 26.4. The maximum Gasteiger partial charge on any atom is 0.331 e. The molecule has 1 fully saturated rings. The van der Waals surface area contributed by atoms with Crippen molar-refractivity contribution in [3.8, 4) is 0 Å². The highest BCUT2D eigenvalue weighted by Crippen LogP contribution is 2.36. The molecule has 2 aromatic heterocycles. The molecule has 0 aliphatic heterocycles. The summed E-state index contributed by atoms with van der Waals surface area (Å²) >= 11 is 1.57. The summed E-state index contributed by atoms with van der Waals surface area (Å²) in [6.45, 7) is 3.89. The Bertz CT molecular complexity index is 1370. The van der Waals surface area contributed by atoms with E-state index in [9.17, 15) is 18.0 Å². The highest BCUT2D eigenvalue weighted by Gasteiger charge is 2.41. The van der Waals surface area contributed by atoms with E-state index < -0.39 is 26.8 Å². The SMILES string of the molecule is CSCCn1c(=O)n(Cc2cc(C)no2)c(=O)c2cc(S(=O)(=O)NC3(C)CC3)ccc21. The number of benzene rings is 1. The van der Waals surface area contributed by atoms with E-state index in [0.29, 0.717) is 29.3 Å². The molecule has 0 unspecified atom stereocenters. The van der Waals surface area contributed by atoms with Crippen molar-refractivity contribution in [2.75, 3.05) is 12.0 Å². The molecule has 1 aliphatic rings. The summed E-state index contributed by atoms with van der Waals surface area (Å²) in [7, 11) is -3.79. The number of aryl methyl sites for hydroxylation is 2. The van der Waals surface area contributed by atoms with Crippen molar-refractivity contribution in [2.24, 2.45) is 0 Å². The van der Waals surface area contributed by atoms with Crippen molar-refractivity contribution in [3.63, 3.8) is 0 Å². The molecule has 3 aromatic rings. The van der Waals surface area contributed by atoms with E-state index in [1.54, 1.807) is 24.8 Å². The van der Waals surface area contributed by atoms with Crippen LogP contribution >= 0.6 is 11.8 Å². The maximum atomic E-state index is 13.2. The van der Waals surface area contributed by atoms with Crippen LogP contribution in [0.3, 0.4) is 0 Å². The number of hydrogen-bond donors (Lipinski definition) is 1. The first-order valence-electron chi connectivity index (χ1n) is 9.86. The van der Waals surface area contributed by atoms with Crippen LogP contribution in [0.5, 0.6) is 0 Å². The van der Waals surface area contributed by atoms with Gasteiger partial charge in [0.15, 0.2) is 5.76 Å². The highest BCUT2D eigenvalue weighted by molar-refractivity contribution is 7.98. The molecule has 0 saturated heterocycles. The topological polar surface area (TPSA) is 116 Å². The van der Waals surface area contributed by atoms with Gasteiger partial charge in [0.1, 0.15) is 0 Å². The van der Waals surface area contributed by atoms with Crippen LogP contribution in [0.4, 0.5) is 0 Å². The molecule has 0 bridgehead atoms. The van der Waals surface area contributed by atoms with Gasteiger partial charge in [0.05, 0.1) is 28.0 Å². The fourth-order valence-electron chi connectivity index (χ4n) is 3.43. The predicted octanol–water partition coefficient (Wildman–Crippen LogP) is 1.70. The largest absolute Gasteiger partial charge is 0.359 e. The van der Waals surface area contributed by atoms with Crippen molar-refractivity contribution in [3.05, 3.63) is 56.6 Å². The standard InChI is InChI=1S/C20H24N4O5S2/c1-13-10-14(29-21-13)12-24-18(25)16-11-15(31(27,28)22-20(2)6-7-20)4-5-17(16)23(19(24)26)8-9-30-3/h4-5,10-11,22H,6-9,12H2,1-3H3. The van der Waals surface area contributed by atoms with E-state index >= 15 is 0 Å². The molecule has 2 heterocycles. The van der Waals surface area contributed by atoms with Crippen molar-refractivity contribution in [1.29, 1.82) is 0 Å². The third-order valence-corrected chi connectivity index (χ3v) is 7.62. The van der Waals surface area contributed by atoms with Crippen molar-refractivity contribution in [1.82, 2.24) is 19.0 Å². The van der Waals surface area contributed by atoms with Gasteiger partial charge in [0, 0.05) is 23.9 Å². The van der Waals surface area contributed by atoms with Crippen molar-refractivity contribution >= 4 is 32.7 Å². The molecule has 0 radical (unpaired) electrons. The Kier molecular flexibility index (Phi) is 5.61. The molecule has 0 spiro atoms. The average molecular weight is 465 g/mol. The van der Waals surface area contributed by atoms with E-state index in [0.717, 1.165) is 17.4 Å². The van der Waals surface area contributed by atoms with Crippen LogP contribution in [-0.2, 0) is 23.1 Å². The van der Waals surface area contributed by atoms with Crippen LogP contribution in [0.15, 0.2) is 43.3 Å². The lowest BCUT2D eigenvalue weighted by molar-refractivity contribution is 0.368. The molecule has 31 heavy (non-hydrogen) atoms. The summed E-state index contributed by atoms with van der Waals surface area (Å²) in [5.41, 5.74) is -0.427. The minimum atomic E-state index is -3.79. The molecule has 1 N–H and O–H groups in total. The number of sulfonamides is 1. The lowest BCUT2D eigenvalue weighted by Gasteiger charge is -2.15. The minimum absolute atomic E-state index is 0.00218. The molecule has 9 nitrogen and oxygen atoms in total. The summed E-state index contributed by atoms with van der Waals surface area (Å²) in [5, 5.41) is 3.97. The number of fused-ring (bicyclic) bond motifs is 1.